The summed E-state index contributed by atoms with van der Waals surface area (Å²) in [7, 11) is 0. The third-order valence-electron chi connectivity index (χ3n) is 3.79. The van der Waals surface area contributed by atoms with Crippen LogP contribution in [0.1, 0.15) is 31.4 Å². The fraction of sp³-hybridized carbons (Fsp3) is 0.692. The number of nitrogens with one attached hydrogen (secondary N) is 1. The molecule has 1 saturated carbocycles. The predicted molar refractivity (Wildman–Crippen MR) is 75.9 cm³/mol. The summed E-state index contributed by atoms with van der Waals surface area (Å²) in [6, 6.07) is 5.69. The minimum atomic E-state index is 0.674. The van der Waals surface area contributed by atoms with E-state index in [1.165, 1.54) is 38.8 Å². The van der Waals surface area contributed by atoms with Crippen molar-refractivity contribution in [3.8, 4) is 0 Å². The molecule has 1 aromatic rings. The van der Waals surface area contributed by atoms with Crippen molar-refractivity contribution in [2.75, 3.05) is 13.1 Å². The summed E-state index contributed by atoms with van der Waals surface area (Å²) in [5, 5.41) is 3.61. The fourth-order valence-electron chi connectivity index (χ4n) is 2.60. The summed E-state index contributed by atoms with van der Waals surface area (Å²) in [5.41, 5.74) is 0. The molecule has 1 aliphatic heterocycles. The average Bonchev–Trinajstić information content (AvgIpc) is 3.11. The van der Waals surface area contributed by atoms with Gasteiger partial charge in [0.2, 0.25) is 0 Å². The van der Waals surface area contributed by atoms with Gasteiger partial charge in [0.25, 0.3) is 0 Å². The molecule has 3 nitrogen and oxygen atoms in total. The zero-order valence-corrected chi connectivity index (χ0v) is 12.2. The van der Waals surface area contributed by atoms with Gasteiger partial charge in [-0.25, -0.2) is 0 Å². The van der Waals surface area contributed by atoms with Crippen molar-refractivity contribution in [3.05, 3.63) is 21.7 Å². The highest BCUT2D eigenvalue weighted by Gasteiger charge is 2.31. The molecule has 1 saturated heterocycles. The summed E-state index contributed by atoms with van der Waals surface area (Å²) >= 11 is 2.21. The van der Waals surface area contributed by atoms with Crippen molar-refractivity contribution in [3.63, 3.8) is 0 Å². The number of halogens is 1. The fourth-order valence-corrected chi connectivity index (χ4v) is 3.06. The maximum atomic E-state index is 5.56. The van der Waals surface area contributed by atoms with Crippen LogP contribution in [0.25, 0.3) is 0 Å². The maximum absolute atomic E-state index is 5.56. The Morgan fingerprint density at radius 3 is 2.59 bits per heavy atom. The molecule has 4 heteroatoms. The first-order valence-corrected chi connectivity index (χ1v) is 7.61. The van der Waals surface area contributed by atoms with E-state index in [1.807, 2.05) is 6.07 Å². The zero-order chi connectivity index (χ0) is 11.7. The van der Waals surface area contributed by atoms with Gasteiger partial charge in [0.1, 0.15) is 5.76 Å². The second kappa shape index (κ2) is 5.28. The molecule has 94 valence electrons. The summed E-state index contributed by atoms with van der Waals surface area (Å²) in [6.07, 6.45) is 5.44. The normalized spacial score (nSPS) is 23.1. The van der Waals surface area contributed by atoms with Crippen LogP contribution in [0.4, 0.5) is 0 Å². The molecule has 0 aromatic carbocycles. The van der Waals surface area contributed by atoms with Crippen molar-refractivity contribution in [2.24, 2.45) is 0 Å². The first-order valence-electron chi connectivity index (χ1n) is 6.53. The van der Waals surface area contributed by atoms with Gasteiger partial charge in [0, 0.05) is 12.1 Å². The quantitative estimate of drug-likeness (QED) is 0.850. The molecular weight excluding hydrogens is 327 g/mol. The summed E-state index contributed by atoms with van der Waals surface area (Å²) < 4.78 is 6.53. The van der Waals surface area contributed by atoms with E-state index in [4.69, 9.17) is 4.42 Å². The van der Waals surface area contributed by atoms with E-state index in [1.54, 1.807) is 0 Å². The number of hydrogen-bond acceptors (Lipinski definition) is 3. The Balaban J connectivity index is 1.41. The smallest absolute Gasteiger partial charge is 0.164 e. The van der Waals surface area contributed by atoms with Crippen LogP contribution >= 0.6 is 22.6 Å². The third-order valence-corrected chi connectivity index (χ3v) is 4.37. The third kappa shape index (κ3) is 3.23. The standard InChI is InChI=1S/C13H19IN2O/c14-13-4-3-12(17-13)9-15-10-5-7-16(8-6-10)11-1-2-11/h3-4,10-11,15H,1-2,5-9H2. The van der Waals surface area contributed by atoms with Gasteiger partial charge < -0.3 is 14.6 Å². The monoisotopic (exact) mass is 346 g/mol. The van der Waals surface area contributed by atoms with Gasteiger partial charge in [-0.2, -0.15) is 0 Å². The Kier molecular flexibility index (Phi) is 3.72. The zero-order valence-electron chi connectivity index (χ0n) is 9.99. The van der Waals surface area contributed by atoms with Crippen LogP contribution in [-0.2, 0) is 6.54 Å². The van der Waals surface area contributed by atoms with Gasteiger partial charge in [-0.15, -0.1) is 0 Å². The minimum absolute atomic E-state index is 0.674. The van der Waals surface area contributed by atoms with Crippen molar-refractivity contribution in [2.45, 2.75) is 44.3 Å². The van der Waals surface area contributed by atoms with Crippen molar-refractivity contribution < 1.29 is 4.42 Å². The molecule has 1 N–H and O–H groups in total. The second-order valence-electron chi connectivity index (χ2n) is 5.13. The van der Waals surface area contributed by atoms with Gasteiger partial charge in [-0.3, -0.25) is 0 Å². The maximum Gasteiger partial charge on any atom is 0.164 e. The highest BCUT2D eigenvalue weighted by Crippen LogP contribution is 2.29. The van der Waals surface area contributed by atoms with E-state index in [9.17, 15) is 0 Å². The van der Waals surface area contributed by atoms with Crippen LogP contribution in [0, 0.1) is 3.77 Å². The lowest BCUT2D eigenvalue weighted by Crippen LogP contribution is -2.43. The van der Waals surface area contributed by atoms with Crippen molar-refractivity contribution in [1.29, 1.82) is 0 Å². The average molecular weight is 346 g/mol. The molecule has 1 aromatic heterocycles. The topological polar surface area (TPSA) is 28.4 Å². The van der Waals surface area contributed by atoms with Crippen LogP contribution in [-0.4, -0.2) is 30.1 Å². The van der Waals surface area contributed by atoms with E-state index >= 15 is 0 Å². The Bertz CT molecular complexity index is 367. The highest BCUT2D eigenvalue weighted by molar-refractivity contribution is 14.1. The molecule has 0 spiro atoms. The predicted octanol–water partition coefficient (Wildman–Crippen LogP) is 2.60. The number of nitrogens with zero attached hydrogens (tertiary/aromatic N) is 1. The molecule has 1 aliphatic carbocycles. The van der Waals surface area contributed by atoms with Gasteiger partial charge in [-0.05, 0) is 73.5 Å². The lowest BCUT2D eigenvalue weighted by Gasteiger charge is -2.32. The largest absolute Gasteiger partial charge is 0.454 e. The molecule has 3 rings (SSSR count). The van der Waals surface area contributed by atoms with E-state index in [0.717, 1.165) is 22.1 Å². The van der Waals surface area contributed by atoms with E-state index in [2.05, 4.69) is 38.9 Å². The molecule has 0 radical (unpaired) electrons. The highest BCUT2D eigenvalue weighted by atomic mass is 127. The lowest BCUT2D eigenvalue weighted by molar-refractivity contribution is 0.187. The minimum Gasteiger partial charge on any atom is -0.454 e. The van der Waals surface area contributed by atoms with Crippen molar-refractivity contribution >= 4 is 22.6 Å². The first-order chi connectivity index (χ1) is 8.31. The lowest BCUT2D eigenvalue weighted by atomic mass is 10.0. The Morgan fingerprint density at radius 1 is 1.24 bits per heavy atom. The van der Waals surface area contributed by atoms with E-state index in [-0.39, 0.29) is 0 Å². The molecular formula is C13H19IN2O. The summed E-state index contributed by atoms with van der Waals surface area (Å²) in [4.78, 5) is 2.66. The van der Waals surface area contributed by atoms with E-state index in [0.29, 0.717) is 6.04 Å². The Hall–Kier alpha value is -0.0700. The first kappa shape index (κ1) is 12.0. The molecule has 0 unspecified atom stereocenters. The molecule has 2 aliphatic rings. The number of hydrogen-bond donors (Lipinski definition) is 1. The summed E-state index contributed by atoms with van der Waals surface area (Å²) in [6.45, 7) is 3.42. The molecule has 2 heterocycles. The van der Waals surface area contributed by atoms with E-state index < -0.39 is 0 Å². The molecule has 0 amide bonds. The number of rotatable bonds is 4. The SMILES string of the molecule is Ic1ccc(CNC2CCN(C3CC3)CC2)o1. The van der Waals surface area contributed by atoms with Gasteiger partial charge in [0.15, 0.2) is 3.77 Å². The Morgan fingerprint density at radius 2 is 2.00 bits per heavy atom. The van der Waals surface area contributed by atoms with Gasteiger partial charge in [0.05, 0.1) is 6.54 Å². The van der Waals surface area contributed by atoms with Crippen LogP contribution in [0.2, 0.25) is 0 Å². The van der Waals surface area contributed by atoms with Crippen LogP contribution in [0.5, 0.6) is 0 Å². The molecule has 0 atom stereocenters. The summed E-state index contributed by atoms with van der Waals surface area (Å²) in [5.74, 6) is 1.05. The van der Waals surface area contributed by atoms with Crippen LogP contribution in [0.15, 0.2) is 16.5 Å². The van der Waals surface area contributed by atoms with Crippen molar-refractivity contribution in [1.82, 2.24) is 10.2 Å². The van der Waals surface area contributed by atoms with Gasteiger partial charge >= 0.3 is 0 Å². The van der Waals surface area contributed by atoms with Crippen LogP contribution < -0.4 is 5.32 Å². The molecule has 17 heavy (non-hydrogen) atoms. The number of furan rings is 1. The number of likely N-dealkylation sites (tertiary alicyclic amines) is 1. The molecule has 0 bridgehead atoms. The molecule has 2 fully saturated rings. The van der Waals surface area contributed by atoms with Crippen LogP contribution in [0.3, 0.4) is 0 Å². The second-order valence-corrected chi connectivity index (χ2v) is 6.19. The van der Waals surface area contributed by atoms with Gasteiger partial charge in [-0.1, -0.05) is 0 Å². The number of piperidine rings is 1. The Labute approximate surface area is 116 Å².